The second-order valence-electron chi connectivity index (χ2n) is 7.65. The zero-order chi connectivity index (χ0) is 18.4. The summed E-state index contributed by atoms with van der Waals surface area (Å²) in [5.41, 5.74) is 0.751. The molecule has 0 amide bonds. The molecular formula is C17H25N7O2S. The SMILES string of the molecule is O=S(=O)(N1CCCC1)N1CCC(c2nnc3ccc(N4CCC4)nn23)CC1. The van der Waals surface area contributed by atoms with Crippen LogP contribution in [-0.4, -0.2) is 76.1 Å². The van der Waals surface area contributed by atoms with Gasteiger partial charge < -0.3 is 4.90 Å². The van der Waals surface area contributed by atoms with E-state index in [4.69, 9.17) is 5.10 Å². The van der Waals surface area contributed by atoms with Crippen LogP contribution in [0.5, 0.6) is 0 Å². The Bertz CT molecular complexity index is 926. The maximum Gasteiger partial charge on any atom is 0.281 e. The number of nitrogens with zero attached hydrogens (tertiary/aromatic N) is 7. The fraction of sp³-hybridized carbons (Fsp3) is 0.706. The maximum absolute atomic E-state index is 12.8. The fourth-order valence-corrected chi connectivity index (χ4v) is 5.91. The fourth-order valence-electron chi connectivity index (χ4n) is 4.19. The van der Waals surface area contributed by atoms with Crippen LogP contribution in [0.4, 0.5) is 5.82 Å². The van der Waals surface area contributed by atoms with Crippen LogP contribution in [0.2, 0.25) is 0 Å². The summed E-state index contributed by atoms with van der Waals surface area (Å²) in [5, 5.41) is 13.4. The van der Waals surface area contributed by atoms with E-state index in [1.165, 1.54) is 6.42 Å². The van der Waals surface area contributed by atoms with Crippen molar-refractivity contribution in [3.05, 3.63) is 18.0 Å². The van der Waals surface area contributed by atoms with Gasteiger partial charge in [0.25, 0.3) is 10.2 Å². The number of aromatic nitrogens is 4. The van der Waals surface area contributed by atoms with Crippen molar-refractivity contribution in [3.8, 4) is 0 Å². The van der Waals surface area contributed by atoms with E-state index >= 15 is 0 Å². The van der Waals surface area contributed by atoms with Crippen LogP contribution in [0.3, 0.4) is 0 Å². The Hall–Kier alpha value is -1.78. The van der Waals surface area contributed by atoms with Gasteiger partial charge in [0.05, 0.1) is 0 Å². The number of rotatable bonds is 4. The molecule has 0 spiro atoms. The predicted octanol–water partition coefficient (Wildman–Crippen LogP) is 0.854. The largest absolute Gasteiger partial charge is 0.355 e. The van der Waals surface area contributed by atoms with Gasteiger partial charge in [-0.3, -0.25) is 0 Å². The second kappa shape index (κ2) is 6.68. The van der Waals surface area contributed by atoms with Crippen LogP contribution < -0.4 is 4.90 Å². The summed E-state index contributed by atoms with van der Waals surface area (Å²) in [6.07, 6.45) is 4.64. The molecular weight excluding hydrogens is 366 g/mol. The van der Waals surface area contributed by atoms with E-state index in [1.807, 2.05) is 16.6 Å². The molecule has 5 rings (SSSR count). The average Bonchev–Trinajstić information content (AvgIpc) is 3.30. The van der Waals surface area contributed by atoms with Gasteiger partial charge in [-0.1, -0.05) is 0 Å². The van der Waals surface area contributed by atoms with Crippen LogP contribution in [0.1, 0.15) is 43.8 Å². The Labute approximate surface area is 159 Å². The van der Waals surface area contributed by atoms with Crippen LogP contribution in [0, 0.1) is 0 Å². The molecule has 10 heteroatoms. The average molecular weight is 392 g/mol. The van der Waals surface area contributed by atoms with Gasteiger partial charge in [-0.25, -0.2) is 0 Å². The standard InChI is InChI=1S/C17H25N7O2S/c25-27(26,22-10-1-2-11-22)23-12-6-14(7-13-23)17-19-18-15-4-5-16(20-24(15)17)21-8-3-9-21/h4-5,14H,1-3,6-13H2. The minimum absolute atomic E-state index is 0.184. The van der Waals surface area contributed by atoms with E-state index in [0.29, 0.717) is 26.2 Å². The molecule has 0 aliphatic carbocycles. The molecule has 2 aromatic heterocycles. The molecule has 0 N–H and O–H groups in total. The number of anilines is 1. The van der Waals surface area contributed by atoms with Crippen LogP contribution >= 0.6 is 0 Å². The summed E-state index contributed by atoms with van der Waals surface area (Å²) in [5.74, 6) is 2.00. The molecule has 5 heterocycles. The summed E-state index contributed by atoms with van der Waals surface area (Å²) < 4.78 is 30.6. The third-order valence-corrected chi connectivity index (χ3v) is 8.03. The first kappa shape index (κ1) is 17.3. The minimum atomic E-state index is -3.31. The lowest BCUT2D eigenvalue weighted by Gasteiger charge is -2.33. The zero-order valence-corrected chi connectivity index (χ0v) is 16.2. The topological polar surface area (TPSA) is 86.9 Å². The summed E-state index contributed by atoms with van der Waals surface area (Å²) in [6.45, 7) is 4.46. The monoisotopic (exact) mass is 391 g/mol. The van der Waals surface area contributed by atoms with Crippen LogP contribution in [0.25, 0.3) is 5.65 Å². The highest BCUT2D eigenvalue weighted by Gasteiger charge is 2.35. The van der Waals surface area contributed by atoms with E-state index in [2.05, 4.69) is 15.1 Å². The van der Waals surface area contributed by atoms with Gasteiger partial charge in [0.1, 0.15) is 5.82 Å². The van der Waals surface area contributed by atoms with E-state index in [0.717, 1.165) is 56.1 Å². The van der Waals surface area contributed by atoms with Gasteiger partial charge in [0.15, 0.2) is 11.5 Å². The Morgan fingerprint density at radius 2 is 1.56 bits per heavy atom. The van der Waals surface area contributed by atoms with Crippen molar-refractivity contribution in [3.63, 3.8) is 0 Å². The van der Waals surface area contributed by atoms with E-state index in [-0.39, 0.29) is 5.92 Å². The number of hydrogen-bond donors (Lipinski definition) is 0. The molecule has 3 aliphatic heterocycles. The molecule has 0 bridgehead atoms. The van der Waals surface area contributed by atoms with Crippen LogP contribution in [0.15, 0.2) is 12.1 Å². The third kappa shape index (κ3) is 2.99. The van der Waals surface area contributed by atoms with Crippen LogP contribution in [-0.2, 0) is 10.2 Å². The van der Waals surface area contributed by atoms with Gasteiger partial charge >= 0.3 is 0 Å². The first-order valence-electron chi connectivity index (χ1n) is 9.85. The number of piperidine rings is 1. The molecule has 0 aromatic carbocycles. The normalized spacial score (nSPS) is 23.2. The van der Waals surface area contributed by atoms with Gasteiger partial charge in [-0.05, 0) is 44.2 Å². The molecule has 2 aromatic rings. The van der Waals surface area contributed by atoms with Crippen molar-refractivity contribution in [1.82, 2.24) is 28.4 Å². The molecule has 0 radical (unpaired) electrons. The summed E-state index contributed by atoms with van der Waals surface area (Å²) in [6, 6.07) is 3.96. The first-order valence-corrected chi connectivity index (χ1v) is 11.3. The lowest BCUT2D eigenvalue weighted by Crippen LogP contribution is -2.46. The molecule has 3 saturated heterocycles. The predicted molar refractivity (Wildman–Crippen MR) is 101 cm³/mol. The number of fused-ring (bicyclic) bond motifs is 1. The summed E-state index contributed by atoms with van der Waals surface area (Å²) >= 11 is 0. The molecule has 27 heavy (non-hydrogen) atoms. The summed E-state index contributed by atoms with van der Waals surface area (Å²) in [7, 11) is -3.31. The van der Waals surface area contributed by atoms with Crippen molar-refractivity contribution in [2.75, 3.05) is 44.2 Å². The molecule has 146 valence electrons. The quantitative estimate of drug-likeness (QED) is 0.768. The van der Waals surface area contributed by atoms with Gasteiger partial charge in [-0.15, -0.1) is 15.3 Å². The maximum atomic E-state index is 12.8. The number of hydrogen-bond acceptors (Lipinski definition) is 6. The Morgan fingerprint density at radius 1 is 0.852 bits per heavy atom. The molecule has 3 fully saturated rings. The zero-order valence-electron chi connectivity index (χ0n) is 15.4. The first-order chi connectivity index (χ1) is 13.1. The van der Waals surface area contributed by atoms with Crippen molar-refractivity contribution >= 4 is 21.7 Å². The van der Waals surface area contributed by atoms with Crippen molar-refractivity contribution in [2.24, 2.45) is 0 Å². The molecule has 9 nitrogen and oxygen atoms in total. The van der Waals surface area contributed by atoms with Crippen molar-refractivity contribution in [1.29, 1.82) is 0 Å². The highest BCUT2D eigenvalue weighted by Crippen LogP contribution is 2.30. The van der Waals surface area contributed by atoms with Gasteiger partial charge in [-0.2, -0.15) is 21.5 Å². The van der Waals surface area contributed by atoms with Gasteiger partial charge in [0.2, 0.25) is 0 Å². The Morgan fingerprint density at radius 3 is 2.22 bits per heavy atom. The minimum Gasteiger partial charge on any atom is -0.355 e. The Balaban J connectivity index is 1.33. The highest BCUT2D eigenvalue weighted by atomic mass is 32.2. The molecule has 0 unspecified atom stereocenters. The lowest BCUT2D eigenvalue weighted by atomic mass is 9.97. The van der Waals surface area contributed by atoms with Gasteiger partial charge in [0, 0.05) is 45.2 Å². The van der Waals surface area contributed by atoms with E-state index in [1.54, 1.807) is 8.61 Å². The molecule has 3 aliphatic rings. The summed E-state index contributed by atoms with van der Waals surface area (Å²) in [4.78, 5) is 2.24. The lowest BCUT2D eigenvalue weighted by molar-refractivity contribution is 0.290. The molecule has 0 saturated carbocycles. The Kier molecular flexibility index (Phi) is 4.29. The second-order valence-corrected chi connectivity index (χ2v) is 9.58. The van der Waals surface area contributed by atoms with Crippen molar-refractivity contribution < 1.29 is 8.42 Å². The van der Waals surface area contributed by atoms with E-state index < -0.39 is 10.2 Å². The highest BCUT2D eigenvalue weighted by molar-refractivity contribution is 7.86. The molecule has 0 atom stereocenters. The van der Waals surface area contributed by atoms with Crippen molar-refractivity contribution in [2.45, 2.75) is 38.0 Å². The third-order valence-electron chi connectivity index (χ3n) is 5.99. The van der Waals surface area contributed by atoms with E-state index in [9.17, 15) is 8.42 Å². The smallest absolute Gasteiger partial charge is 0.281 e.